The van der Waals surface area contributed by atoms with Crippen molar-refractivity contribution in [2.45, 2.75) is 32.6 Å². The lowest BCUT2D eigenvalue weighted by Crippen LogP contribution is -2.25. The SMILES string of the molecule is Cc1cccc(NC(=O)[C@@H]2Cc3ccccc3N(CCCN(C)C)c3ccccc32)c1C. The van der Waals surface area contributed by atoms with Crippen LogP contribution in [-0.2, 0) is 11.2 Å². The first kappa shape index (κ1) is 22.1. The number of aryl methyl sites for hydroxylation is 1. The molecule has 0 radical (unpaired) electrons. The van der Waals surface area contributed by atoms with E-state index in [0.29, 0.717) is 6.42 Å². The van der Waals surface area contributed by atoms with E-state index in [1.54, 1.807) is 0 Å². The Morgan fingerprint density at radius 3 is 2.47 bits per heavy atom. The van der Waals surface area contributed by atoms with E-state index in [2.05, 4.69) is 91.6 Å². The fourth-order valence-electron chi connectivity index (χ4n) is 4.56. The Bertz CT molecular complexity index is 1110. The van der Waals surface area contributed by atoms with Gasteiger partial charge in [0.05, 0.1) is 5.92 Å². The summed E-state index contributed by atoms with van der Waals surface area (Å²) in [7, 11) is 4.22. The minimum Gasteiger partial charge on any atom is -0.341 e. The number of nitrogens with one attached hydrogen (secondary N) is 1. The average Bonchev–Trinajstić information content (AvgIpc) is 2.92. The summed E-state index contributed by atoms with van der Waals surface area (Å²) < 4.78 is 0. The first-order valence-corrected chi connectivity index (χ1v) is 11.4. The summed E-state index contributed by atoms with van der Waals surface area (Å²) in [6, 6.07) is 23.0. The molecule has 1 aliphatic heterocycles. The van der Waals surface area contributed by atoms with E-state index in [9.17, 15) is 4.79 Å². The van der Waals surface area contributed by atoms with Gasteiger partial charge in [0.1, 0.15) is 0 Å². The molecule has 4 nitrogen and oxygen atoms in total. The molecule has 32 heavy (non-hydrogen) atoms. The van der Waals surface area contributed by atoms with Crippen LogP contribution in [0, 0.1) is 13.8 Å². The van der Waals surface area contributed by atoms with Crippen LogP contribution in [-0.4, -0.2) is 38.0 Å². The van der Waals surface area contributed by atoms with Gasteiger partial charge < -0.3 is 15.1 Å². The van der Waals surface area contributed by atoms with Gasteiger partial charge in [0, 0.05) is 23.6 Å². The molecule has 0 saturated heterocycles. The number of carbonyl (C=O) groups excluding carboxylic acids is 1. The summed E-state index contributed by atoms with van der Waals surface area (Å²) in [6.07, 6.45) is 1.74. The Balaban J connectivity index is 1.72. The third kappa shape index (κ3) is 4.56. The highest BCUT2D eigenvalue weighted by Crippen LogP contribution is 2.41. The first-order valence-electron chi connectivity index (χ1n) is 11.4. The number of hydrogen-bond donors (Lipinski definition) is 1. The van der Waals surface area contributed by atoms with Gasteiger partial charge in [0.2, 0.25) is 5.91 Å². The monoisotopic (exact) mass is 427 g/mol. The predicted molar refractivity (Wildman–Crippen MR) is 134 cm³/mol. The van der Waals surface area contributed by atoms with Gasteiger partial charge in [-0.2, -0.15) is 0 Å². The second-order valence-electron chi connectivity index (χ2n) is 8.99. The molecule has 1 heterocycles. The molecule has 1 amide bonds. The Labute approximate surface area is 191 Å². The molecule has 0 bridgehead atoms. The van der Waals surface area contributed by atoms with Crippen molar-refractivity contribution < 1.29 is 4.79 Å². The molecule has 4 heteroatoms. The molecule has 0 spiro atoms. The van der Waals surface area contributed by atoms with Gasteiger partial charge >= 0.3 is 0 Å². The van der Waals surface area contributed by atoms with Gasteiger partial charge in [-0.25, -0.2) is 0 Å². The van der Waals surface area contributed by atoms with Gasteiger partial charge in [0.15, 0.2) is 0 Å². The van der Waals surface area contributed by atoms with Crippen molar-refractivity contribution in [3.63, 3.8) is 0 Å². The van der Waals surface area contributed by atoms with Gasteiger partial charge in [-0.15, -0.1) is 0 Å². The molecule has 3 aromatic carbocycles. The van der Waals surface area contributed by atoms with E-state index in [1.165, 1.54) is 16.8 Å². The van der Waals surface area contributed by atoms with E-state index >= 15 is 0 Å². The lowest BCUT2D eigenvalue weighted by molar-refractivity contribution is -0.117. The number of amides is 1. The van der Waals surface area contributed by atoms with Crippen LogP contribution in [0.5, 0.6) is 0 Å². The van der Waals surface area contributed by atoms with Crippen molar-refractivity contribution in [2.75, 3.05) is 37.4 Å². The van der Waals surface area contributed by atoms with Crippen molar-refractivity contribution in [3.8, 4) is 0 Å². The summed E-state index contributed by atoms with van der Waals surface area (Å²) in [4.78, 5) is 18.3. The standard InChI is InChI=1S/C28H33N3O/c1-20-11-9-14-25(21(20)2)29-28(32)24-19-22-12-5-7-15-26(22)31(18-10-17-30(3)4)27-16-8-6-13-23(24)27/h5-9,11-16,24H,10,17-19H2,1-4H3,(H,29,32)/t24-/m1/s1. The van der Waals surface area contributed by atoms with Crippen molar-refractivity contribution >= 4 is 23.0 Å². The normalized spacial score (nSPS) is 15.2. The molecule has 0 fully saturated rings. The van der Waals surface area contributed by atoms with Crippen LogP contribution in [0.25, 0.3) is 0 Å². The van der Waals surface area contributed by atoms with Crippen molar-refractivity contribution in [1.82, 2.24) is 4.90 Å². The second-order valence-corrected chi connectivity index (χ2v) is 8.99. The zero-order valence-corrected chi connectivity index (χ0v) is 19.6. The molecule has 0 aliphatic carbocycles. The number of carbonyl (C=O) groups is 1. The smallest absolute Gasteiger partial charge is 0.232 e. The molecule has 0 saturated carbocycles. The minimum atomic E-state index is -0.244. The van der Waals surface area contributed by atoms with Crippen LogP contribution in [0.4, 0.5) is 17.1 Å². The van der Waals surface area contributed by atoms with E-state index in [1.807, 2.05) is 18.2 Å². The molecule has 0 unspecified atom stereocenters. The summed E-state index contributed by atoms with van der Waals surface area (Å²) in [5.41, 5.74) is 7.85. The van der Waals surface area contributed by atoms with Gasteiger partial charge in [-0.3, -0.25) is 4.79 Å². The first-order chi connectivity index (χ1) is 15.5. The van der Waals surface area contributed by atoms with E-state index in [4.69, 9.17) is 0 Å². The predicted octanol–water partition coefficient (Wildman–Crippen LogP) is 5.67. The summed E-state index contributed by atoms with van der Waals surface area (Å²) >= 11 is 0. The number of rotatable bonds is 6. The van der Waals surface area contributed by atoms with E-state index in [0.717, 1.165) is 42.0 Å². The highest BCUT2D eigenvalue weighted by molar-refractivity contribution is 5.98. The van der Waals surface area contributed by atoms with Gasteiger partial charge in [0.25, 0.3) is 0 Å². The minimum absolute atomic E-state index is 0.0519. The van der Waals surface area contributed by atoms with Crippen molar-refractivity contribution in [2.24, 2.45) is 0 Å². The van der Waals surface area contributed by atoms with Gasteiger partial charge in [-0.05, 0) is 87.8 Å². The summed E-state index contributed by atoms with van der Waals surface area (Å²) in [5.74, 6) is -0.192. The van der Waals surface area contributed by atoms with Crippen molar-refractivity contribution in [1.29, 1.82) is 0 Å². The molecule has 4 rings (SSSR count). The van der Waals surface area contributed by atoms with Crippen LogP contribution >= 0.6 is 0 Å². The molecular weight excluding hydrogens is 394 g/mol. The quantitative estimate of drug-likeness (QED) is 0.550. The maximum Gasteiger partial charge on any atom is 0.232 e. The molecule has 1 aliphatic rings. The number of nitrogens with zero attached hydrogens (tertiary/aromatic N) is 2. The van der Waals surface area contributed by atoms with Crippen molar-refractivity contribution in [3.05, 3.63) is 89.0 Å². The van der Waals surface area contributed by atoms with Crippen LogP contribution in [0.3, 0.4) is 0 Å². The average molecular weight is 428 g/mol. The lowest BCUT2D eigenvalue weighted by Gasteiger charge is -2.28. The largest absolute Gasteiger partial charge is 0.341 e. The summed E-state index contributed by atoms with van der Waals surface area (Å²) in [6.45, 7) is 6.08. The Morgan fingerprint density at radius 2 is 1.69 bits per heavy atom. The molecular formula is C28H33N3O. The molecule has 1 N–H and O–H groups in total. The number of hydrogen-bond acceptors (Lipinski definition) is 3. The van der Waals surface area contributed by atoms with Crippen LogP contribution in [0.1, 0.15) is 34.6 Å². The molecule has 1 atom stereocenters. The maximum absolute atomic E-state index is 13.6. The third-order valence-electron chi connectivity index (χ3n) is 6.48. The number of benzene rings is 3. The Hall–Kier alpha value is -3.11. The zero-order valence-electron chi connectivity index (χ0n) is 19.6. The zero-order chi connectivity index (χ0) is 22.7. The van der Waals surface area contributed by atoms with Crippen LogP contribution < -0.4 is 10.2 Å². The van der Waals surface area contributed by atoms with Crippen LogP contribution in [0.2, 0.25) is 0 Å². The highest BCUT2D eigenvalue weighted by Gasteiger charge is 2.31. The maximum atomic E-state index is 13.6. The Kier molecular flexibility index (Phi) is 6.61. The topological polar surface area (TPSA) is 35.6 Å². The second kappa shape index (κ2) is 9.58. The number of anilines is 3. The Morgan fingerprint density at radius 1 is 0.969 bits per heavy atom. The number of fused-ring (bicyclic) bond motifs is 2. The number of para-hydroxylation sites is 2. The fourth-order valence-corrected chi connectivity index (χ4v) is 4.56. The molecule has 0 aromatic heterocycles. The lowest BCUT2D eigenvalue weighted by atomic mass is 9.91. The van der Waals surface area contributed by atoms with E-state index < -0.39 is 0 Å². The summed E-state index contributed by atoms with van der Waals surface area (Å²) in [5, 5.41) is 3.23. The van der Waals surface area contributed by atoms with E-state index in [-0.39, 0.29) is 11.8 Å². The molecule has 166 valence electrons. The molecule has 3 aromatic rings. The van der Waals surface area contributed by atoms with Crippen LogP contribution in [0.15, 0.2) is 66.7 Å². The van der Waals surface area contributed by atoms with Gasteiger partial charge in [-0.1, -0.05) is 48.5 Å². The highest BCUT2D eigenvalue weighted by atomic mass is 16.1. The fraction of sp³-hybridized carbons (Fsp3) is 0.321. The third-order valence-corrected chi connectivity index (χ3v) is 6.48.